The molecule has 7 heteroatoms. The fourth-order valence-corrected chi connectivity index (χ4v) is 6.45. The smallest absolute Gasteiger partial charge is 0.507 e. The third-order valence-electron chi connectivity index (χ3n) is 5.70. The van der Waals surface area contributed by atoms with Gasteiger partial charge >= 0.3 is 8.80 Å². The number of rotatable bonds is 18. The van der Waals surface area contributed by atoms with Crippen LogP contribution in [0.25, 0.3) is 0 Å². The van der Waals surface area contributed by atoms with Crippen LogP contribution < -0.4 is 4.74 Å². The van der Waals surface area contributed by atoms with Crippen molar-refractivity contribution >= 4 is 14.6 Å². The van der Waals surface area contributed by atoms with Gasteiger partial charge in [0.1, 0.15) is 11.5 Å². The molecule has 0 heterocycles. The Kier molecular flexibility index (Phi) is 13.1. The second-order valence-corrected chi connectivity index (χ2v) is 11.3. The molecule has 2 aromatic carbocycles. The SMILES string of the molecule is CCCCO[Si](OCCCC)(OCCCC)C(CC)Oc1ccc(C(=O)c2ccccc2)c(O)c1. The van der Waals surface area contributed by atoms with E-state index in [-0.39, 0.29) is 17.1 Å². The zero-order valence-electron chi connectivity index (χ0n) is 21.8. The van der Waals surface area contributed by atoms with Crippen LogP contribution in [-0.2, 0) is 13.3 Å². The molecule has 0 aliphatic heterocycles. The Morgan fingerprint density at radius 2 is 1.37 bits per heavy atom. The molecule has 6 nitrogen and oxygen atoms in total. The van der Waals surface area contributed by atoms with Gasteiger partial charge in [-0.1, -0.05) is 77.3 Å². The second kappa shape index (κ2) is 15.7. The van der Waals surface area contributed by atoms with E-state index in [4.69, 9.17) is 18.0 Å². The molecule has 35 heavy (non-hydrogen) atoms. The number of phenols is 1. The van der Waals surface area contributed by atoms with Gasteiger partial charge in [0.25, 0.3) is 0 Å². The van der Waals surface area contributed by atoms with Crippen LogP contribution in [0.15, 0.2) is 48.5 Å². The minimum Gasteiger partial charge on any atom is -0.507 e. The van der Waals surface area contributed by atoms with Crippen molar-refractivity contribution in [3.63, 3.8) is 0 Å². The van der Waals surface area contributed by atoms with E-state index in [1.54, 1.807) is 36.4 Å². The number of carbonyl (C=O) groups is 1. The van der Waals surface area contributed by atoms with Gasteiger partial charge in [-0.25, -0.2) is 0 Å². The summed E-state index contributed by atoms with van der Waals surface area (Å²) in [6.07, 6.45) is 6.40. The summed E-state index contributed by atoms with van der Waals surface area (Å²) in [5.74, 6) is 0.0939. The summed E-state index contributed by atoms with van der Waals surface area (Å²) < 4.78 is 25.5. The maximum Gasteiger partial charge on any atom is 0.543 e. The third kappa shape index (κ3) is 8.76. The highest BCUT2D eigenvalue weighted by Crippen LogP contribution is 2.30. The summed E-state index contributed by atoms with van der Waals surface area (Å²) in [4.78, 5) is 12.8. The molecule has 1 unspecified atom stereocenters. The van der Waals surface area contributed by atoms with Gasteiger partial charge < -0.3 is 23.1 Å². The molecule has 194 valence electrons. The van der Waals surface area contributed by atoms with Crippen molar-refractivity contribution < 1.29 is 27.9 Å². The van der Waals surface area contributed by atoms with Crippen molar-refractivity contribution in [2.24, 2.45) is 0 Å². The summed E-state index contributed by atoms with van der Waals surface area (Å²) in [6, 6.07) is 13.7. The Balaban J connectivity index is 2.29. The number of unbranched alkanes of at least 4 members (excludes halogenated alkanes) is 3. The van der Waals surface area contributed by atoms with Crippen LogP contribution in [0.3, 0.4) is 0 Å². The van der Waals surface area contributed by atoms with E-state index < -0.39 is 14.5 Å². The number of ether oxygens (including phenoxy) is 1. The van der Waals surface area contributed by atoms with E-state index >= 15 is 0 Å². The predicted molar refractivity (Wildman–Crippen MR) is 141 cm³/mol. The van der Waals surface area contributed by atoms with Gasteiger partial charge in [0.2, 0.25) is 0 Å². The van der Waals surface area contributed by atoms with E-state index in [2.05, 4.69) is 20.8 Å². The van der Waals surface area contributed by atoms with E-state index in [1.807, 2.05) is 13.0 Å². The fourth-order valence-electron chi connectivity index (χ4n) is 3.57. The first-order chi connectivity index (χ1) is 17.0. The van der Waals surface area contributed by atoms with Gasteiger partial charge in [-0.05, 0) is 37.8 Å². The van der Waals surface area contributed by atoms with Gasteiger partial charge in [0.05, 0.1) is 5.56 Å². The lowest BCUT2D eigenvalue weighted by molar-refractivity contribution is 0.0171. The van der Waals surface area contributed by atoms with E-state index in [9.17, 15) is 9.90 Å². The van der Waals surface area contributed by atoms with Gasteiger partial charge in [0, 0.05) is 31.5 Å². The molecular formula is C28H42O6Si. The monoisotopic (exact) mass is 502 g/mol. The zero-order valence-corrected chi connectivity index (χ0v) is 22.8. The average Bonchev–Trinajstić information content (AvgIpc) is 2.87. The fraction of sp³-hybridized carbons (Fsp3) is 0.536. The molecule has 2 rings (SSSR count). The van der Waals surface area contributed by atoms with Crippen molar-refractivity contribution in [1.82, 2.24) is 0 Å². The highest BCUT2D eigenvalue weighted by Gasteiger charge is 2.51. The largest absolute Gasteiger partial charge is 0.543 e. The molecule has 0 fully saturated rings. The Labute approximate surface area is 211 Å². The number of aromatic hydroxyl groups is 1. The Bertz CT molecular complexity index is 846. The average molecular weight is 503 g/mol. The standard InChI is InChI=1S/C28H42O6Si/c1-5-9-19-31-35(32-20-10-6-2,33-21-11-7-3)27(8-4)34-24-17-18-25(26(29)22-24)28(30)23-15-13-12-14-16-23/h12-18,22,27,29H,5-11,19-21H2,1-4H3. The topological polar surface area (TPSA) is 74.2 Å². The van der Waals surface area contributed by atoms with E-state index in [0.717, 1.165) is 38.5 Å². The number of hydrogen-bond acceptors (Lipinski definition) is 6. The van der Waals surface area contributed by atoms with Gasteiger partial charge in [-0.15, -0.1) is 0 Å². The molecule has 0 amide bonds. The molecule has 0 bridgehead atoms. The van der Waals surface area contributed by atoms with E-state index in [0.29, 0.717) is 37.6 Å². The molecule has 0 aromatic heterocycles. The number of ketones is 1. The summed E-state index contributed by atoms with van der Waals surface area (Å²) in [5.41, 5.74) is 0.327. The van der Waals surface area contributed by atoms with Crippen LogP contribution in [0.1, 0.15) is 88.6 Å². The number of carbonyl (C=O) groups excluding carboxylic acids is 1. The number of hydrogen-bond donors (Lipinski definition) is 1. The van der Waals surface area contributed by atoms with Crippen molar-refractivity contribution in [3.8, 4) is 11.5 Å². The molecule has 0 saturated heterocycles. The molecular weight excluding hydrogens is 460 g/mol. The quantitative estimate of drug-likeness (QED) is 0.139. The van der Waals surface area contributed by atoms with Crippen LogP contribution in [0.5, 0.6) is 11.5 Å². The summed E-state index contributed by atoms with van der Waals surface area (Å²) >= 11 is 0. The third-order valence-corrected chi connectivity index (χ3v) is 8.83. The maximum atomic E-state index is 12.8. The summed E-state index contributed by atoms with van der Waals surface area (Å²) in [5, 5.41) is 10.6. The lowest BCUT2D eigenvalue weighted by Crippen LogP contribution is -2.59. The normalized spacial score (nSPS) is 12.5. The summed E-state index contributed by atoms with van der Waals surface area (Å²) in [6.45, 7) is 10.0. The highest BCUT2D eigenvalue weighted by atomic mass is 28.4. The van der Waals surface area contributed by atoms with Crippen molar-refractivity contribution in [3.05, 3.63) is 59.7 Å². The first-order valence-electron chi connectivity index (χ1n) is 13.0. The maximum absolute atomic E-state index is 12.8. The molecule has 2 aromatic rings. The Morgan fingerprint density at radius 3 is 1.83 bits per heavy atom. The Morgan fingerprint density at radius 1 is 0.829 bits per heavy atom. The van der Waals surface area contributed by atoms with Crippen LogP contribution in [0.2, 0.25) is 0 Å². The van der Waals surface area contributed by atoms with Crippen molar-refractivity contribution in [2.75, 3.05) is 19.8 Å². The molecule has 1 N–H and O–H groups in total. The lowest BCUT2D eigenvalue weighted by Gasteiger charge is -2.35. The molecule has 0 radical (unpaired) electrons. The second-order valence-electron chi connectivity index (χ2n) is 8.60. The first kappa shape index (κ1) is 29.0. The van der Waals surface area contributed by atoms with Gasteiger partial charge in [0.15, 0.2) is 11.5 Å². The van der Waals surface area contributed by atoms with Gasteiger partial charge in [-0.3, -0.25) is 4.79 Å². The number of phenolic OH excluding ortho intramolecular Hbond substituents is 1. The highest BCUT2D eigenvalue weighted by molar-refractivity contribution is 6.62. The molecule has 1 atom stereocenters. The minimum atomic E-state index is -3.20. The predicted octanol–water partition coefficient (Wildman–Crippen LogP) is 6.71. The van der Waals surface area contributed by atoms with Gasteiger partial charge in [-0.2, -0.15) is 0 Å². The van der Waals surface area contributed by atoms with E-state index in [1.165, 1.54) is 6.07 Å². The van der Waals surface area contributed by atoms with Crippen molar-refractivity contribution in [2.45, 2.75) is 78.4 Å². The first-order valence-corrected chi connectivity index (χ1v) is 14.8. The zero-order chi connectivity index (χ0) is 25.5. The van der Waals surface area contributed by atoms with Crippen LogP contribution in [0.4, 0.5) is 0 Å². The number of benzene rings is 2. The van der Waals surface area contributed by atoms with Crippen molar-refractivity contribution in [1.29, 1.82) is 0 Å². The molecule has 0 aliphatic rings. The van der Waals surface area contributed by atoms with Crippen LogP contribution >= 0.6 is 0 Å². The minimum absolute atomic E-state index is 0.121. The Hall–Kier alpha value is -2.19. The molecule has 0 spiro atoms. The summed E-state index contributed by atoms with van der Waals surface area (Å²) in [7, 11) is -3.20. The van der Waals surface area contributed by atoms with Crippen LogP contribution in [0, 0.1) is 0 Å². The molecule has 0 saturated carbocycles. The lowest BCUT2D eigenvalue weighted by atomic mass is 10.0. The van der Waals surface area contributed by atoms with Crippen LogP contribution in [-0.4, -0.2) is 45.2 Å². The molecule has 0 aliphatic carbocycles.